The topological polar surface area (TPSA) is 175 Å². The highest BCUT2D eigenvalue weighted by molar-refractivity contribution is 5.76. The van der Waals surface area contributed by atoms with Crippen molar-refractivity contribution >= 4 is 11.9 Å². The van der Waals surface area contributed by atoms with Crippen molar-refractivity contribution < 1.29 is 49.3 Å². The minimum atomic E-state index is -1.58. The van der Waals surface area contributed by atoms with Gasteiger partial charge in [0.05, 0.1) is 32.0 Å². The van der Waals surface area contributed by atoms with Crippen LogP contribution in [0.25, 0.3) is 0 Å². The molecule has 1 rings (SSSR count). The summed E-state index contributed by atoms with van der Waals surface area (Å²) in [5.41, 5.74) is 0. The van der Waals surface area contributed by atoms with Gasteiger partial charge in [0, 0.05) is 12.8 Å². The second kappa shape index (κ2) is 55.3. The lowest BCUT2D eigenvalue weighted by Gasteiger charge is -2.40. The Morgan fingerprint density at radius 1 is 0.481 bits per heavy atom. The van der Waals surface area contributed by atoms with Gasteiger partial charge in [-0.05, 0) is 89.9 Å². The number of aliphatic hydroxyl groups is 5. The first-order valence-electron chi connectivity index (χ1n) is 32.1. The van der Waals surface area contributed by atoms with Gasteiger partial charge in [-0.15, -0.1) is 0 Å². The van der Waals surface area contributed by atoms with Crippen molar-refractivity contribution in [2.75, 3.05) is 19.8 Å². The van der Waals surface area contributed by atoms with Crippen molar-refractivity contribution in [3.05, 3.63) is 60.8 Å². The number of unbranched alkanes of at least 4 members (excludes halogenated alkanes) is 33. The monoisotopic (exact) mass is 1090 g/mol. The number of ether oxygens (including phenoxy) is 3. The highest BCUT2D eigenvalue weighted by Crippen LogP contribution is 2.23. The molecule has 7 unspecified atom stereocenters. The zero-order valence-electron chi connectivity index (χ0n) is 49.4. The lowest BCUT2D eigenvalue weighted by molar-refractivity contribution is -0.302. The highest BCUT2D eigenvalue weighted by atomic mass is 16.7. The molecule has 0 aliphatic carbocycles. The molecule has 0 spiro atoms. The van der Waals surface area contributed by atoms with E-state index in [2.05, 4.69) is 67.8 Å². The molecule has 1 amide bonds. The molecule has 0 saturated carbocycles. The Kier molecular flexibility index (Phi) is 52.0. The van der Waals surface area contributed by atoms with Gasteiger partial charge in [0.25, 0.3) is 0 Å². The van der Waals surface area contributed by atoms with E-state index in [1.54, 1.807) is 6.08 Å². The van der Waals surface area contributed by atoms with E-state index >= 15 is 0 Å². The number of esters is 1. The number of hydrogen-bond acceptors (Lipinski definition) is 10. The fourth-order valence-corrected chi connectivity index (χ4v) is 9.74. The van der Waals surface area contributed by atoms with Gasteiger partial charge in [0.1, 0.15) is 24.4 Å². The van der Waals surface area contributed by atoms with Crippen LogP contribution in [0.5, 0.6) is 0 Å². The first-order valence-corrected chi connectivity index (χ1v) is 32.1. The summed E-state index contributed by atoms with van der Waals surface area (Å²) in [6.07, 6.45) is 61.7. The molecule has 0 radical (unpaired) electrons. The summed E-state index contributed by atoms with van der Waals surface area (Å²) in [6.45, 7) is 4.26. The smallest absolute Gasteiger partial charge is 0.305 e. The van der Waals surface area contributed by atoms with Crippen LogP contribution in [-0.4, -0.2) is 100 Å². The predicted octanol–water partition coefficient (Wildman–Crippen LogP) is 15.4. The average Bonchev–Trinajstić information content (AvgIpc) is 3.43. The number of carbonyl (C=O) groups is 2. The minimum absolute atomic E-state index is 0.0207. The largest absolute Gasteiger partial charge is 0.466 e. The number of aliphatic hydroxyl groups excluding tert-OH is 5. The summed E-state index contributed by atoms with van der Waals surface area (Å²) in [7, 11) is 0. The number of amides is 1. The predicted molar refractivity (Wildman–Crippen MR) is 320 cm³/mol. The van der Waals surface area contributed by atoms with E-state index in [9.17, 15) is 35.1 Å². The Bertz CT molecular complexity index is 1460. The van der Waals surface area contributed by atoms with Gasteiger partial charge < -0.3 is 45.1 Å². The number of allylic oxidation sites excluding steroid dienone is 9. The number of carbonyl (C=O) groups excluding carboxylic acids is 2. The fourth-order valence-electron chi connectivity index (χ4n) is 9.74. The van der Waals surface area contributed by atoms with Gasteiger partial charge in [-0.2, -0.15) is 0 Å². The maximum absolute atomic E-state index is 13.0. The first kappa shape index (κ1) is 72.4. The van der Waals surface area contributed by atoms with Crippen LogP contribution in [-0.2, 0) is 23.8 Å². The standard InChI is InChI=1S/C66H119NO10/c1-3-5-7-9-11-13-15-28-32-36-40-44-48-52-59(69)58(57-76-66-65(74)64(73)63(72)60(56-68)77-66)67-61(70)53-49-45-41-37-33-30-26-24-22-20-18-17-19-21-23-25-27-31-35-39-43-47-51-55-75-62(71)54-50-46-42-38-34-29-16-14-12-10-8-6-4-2/h8,10,14,16-17,19-20,22,48,52,58-60,63-66,68-69,72-74H,3-7,9,11-13,15,18,21,23-47,49-51,53-57H2,1-2H3,(H,67,70)/b10-8-,16-14-,19-17-,22-20-,52-48+. The third kappa shape index (κ3) is 44.8. The molecule has 1 heterocycles. The van der Waals surface area contributed by atoms with Gasteiger partial charge in [-0.25, -0.2) is 0 Å². The van der Waals surface area contributed by atoms with E-state index < -0.39 is 49.5 Å². The van der Waals surface area contributed by atoms with Crippen LogP contribution < -0.4 is 5.32 Å². The maximum atomic E-state index is 13.0. The number of rotatable bonds is 55. The highest BCUT2D eigenvalue weighted by Gasteiger charge is 2.44. The Morgan fingerprint density at radius 3 is 1.36 bits per heavy atom. The zero-order chi connectivity index (χ0) is 55.9. The first-order chi connectivity index (χ1) is 37.7. The molecule has 0 aromatic carbocycles. The van der Waals surface area contributed by atoms with Crippen molar-refractivity contribution in [1.82, 2.24) is 5.32 Å². The zero-order valence-corrected chi connectivity index (χ0v) is 49.4. The summed E-state index contributed by atoms with van der Waals surface area (Å²) in [5, 5.41) is 54.4. The molecule has 1 fully saturated rings. The van der Waals surface area contributed by atoms with Crippen LogP contribution in [0.4, 0.5) is 0 Å². The van der Waals surface area contributed by atoms with Crippen molar-refractivity contribution in [1.29, 1.82) is 0 Å². The molecule has 11 nitrogen and oxygen atoms in total. The molecule has 6 N–H and O–H groups in total. The average molecular weight is 1090 g/mol. The molecule has 1 saturated heterocycles. The van der Waals surface area contributed by atoms with Crippen molar-refractivity contribution in [2.45, 2.75) is 326 Å². The second-order valence-corrected chi connectivity index (χ2v) is 22.1. The number of nitrogens with one attached hydrogen (secondary N) is 1. The van der Waals surface area contributed by atoms with Crippen LogP contribution in [0.15, 0.2) is 60.8 Å². The Balaban J connectivity index is 2.07. The molecule has 11 heteroatoms. The van der Waals surface area contributed by atoms with Crippen molar-refractivity contribution in [2.24, 2.45) is 0 Å². The van der Waals surface area contributed by atoms with E-state index in [-0.39, 0.29) is 18.5 Å². The van der Waals surface area contributed by atoms with Crippen LogP contribution >= 0.6 is 0 Å². The Morgan fingerprint density at radius 2 is 0.896 bits per heavy atom. The number of hydrogen-bond donors (Lipinski definition) is 6. The van der Waals surface area contributed by atoms with E-state index in [4.69, 9.17) is 14.2 Å². The summed E-state index contributed by atoms with van der Waals surface area (Å²) < 4.78 is 16.7. The molecular formula is C66H119NO10. The summed E-state index contributed by atoms with van der Waals surface area (Å²) >= 11 is 0. The molecule has 1 aliphatic heterocycles. The van der Waals surface area contributed by atoms with Crippen molar-refractivity contribution in [3.8, 4) is 0 Å². The van der Waals surface area contributed by atoms with Gasteiger partial charge in [-0.1, -0.05) is 242 Å². The molecule has 77 heavy (non-hydrogen) atoms. The lowest BCUT2D eigenvalue weighted by Crippen LogP contribution is -2.60. The lowest BCUT2D eigenvalue weighted by atomic mass is 9.99. The van der Waals surface area contributed by atoms with E-state index in [1.165, 1.54) is 154 Å². The maximum Gasteiger partial charge on any atom is 0.305 e. The van der Waals surface area contributed by atoms with Gasteiger partial charge in [0.2, 0.25) is 5.91 Å². The molecule has 1 aliphatic rings. The molecule has 0 aromatic rings. The summed E-state index contributed by atoms with van der Waals surface area (Å²) in [4.78, 5) is 25.1. The van der Waals surface area contributed by atoms with E-state index in [0.717, 1.165) is 103 Å². The summed E-state index contributed by atoms with van der Waals surface area (Å²) in [6, 6.07) is -0.819. The third-order valence-electron chi connectivity index (χ3n) is 14.8. The normalized spacial score (nSPS) is 19.0. The quantitative estimate of drug-likeness (QED) is 0.0195. The Hall–Kier alpha value is -2.64. The van der Waals surface area contributed by atoms with Crippen molar-refractivity contribution in [3.63, 3.8) is 0 Å². The van der Waals surface area contributed by atoms with Gasteiger partial charge >= 0.3 is 5.97 Å². The molecule has 7 atom stereocenters. The summed E-state index contributed by atoms with van der Waals surface area (Å²) in [5.74, 6) is -0.213. The van der Waals surface area contributed by atoms with Gasteiger partial charge in [0.15, 0.2) is 6.29 Å². The molecule has 0 bridgehead atoms. The van der Waals surface area contributed by atoms with Gasteiger partial charge in [-0.3, -0.25) is 9.59 Å². The molecular weight excluding hydrogens is 967 g/mol. The molecule has 448 valence electrons. The van der Waals surface area contributed by atoms with Crippen LogP contribution in [0.2, 0.25) is 0 Å². The minimum Gasteiger partial charge on any atom is -0.466 e. The fraction of sp³-hybridized carbons (Fsp3) is 0.818. The second-order valence-electron chi connectivity index (χ2n) is 22.1. The van der Waals surface area contributed by atoms with Crippen LogP contribution in [0.1, 0.15) is 284 Å². The van der Waals surface area contributed by atoms with Crippen LogP contribution in [0.3, 0.4) is 0 Å². The van der Waals surface area contributed by atoms with E-state index in [0.29, 0.717) is 19.4 Å². The Labute approximate surface area is 471 Å². The SMILES string of the molecule is CCC/C=C\C/C=C\CCCCCCCC(=O)OCCCCCCCCCCC/C=C\C/C=C\CCCCCCCCCC(=O)NC(COC1OC(CO)C(O)C(O)C1O)C(O)/C=C/CCCCCCCCCCCCC. The van der Waals surface area contributed by atoms with Crippen LogP contribution in [0, 0.1) is 0 Å². The molecule has 0 aromatic heterocycles. The van der Waals surface area contributed by atoms with E-state index in [1.807, 2.05) is 6.08 Å². The third-order valence-corrected chi connectivity index (χ3v) is 14.8.